The molecule has 3 nitrogen and oxygen atoms in total. The van der Waals surface area contributed by atoms with Gasteiger partial charge >= 0.3 is 0 Å². The standard InChI is InChI=1S/C13H18O3/c1-7-10-3-9-4-11(7)12(15)13(5-10,8(9)2)16-6-14/h6,8-12,15H,1,3-5H2,2H3. The van der Waals surface area contributed by atoms with Gasteiger partial charge in [-0.15, -0.1) is 0 Å². The van der Waals surface area contributed by atoms with E-state index in [4.69, 9.17) is 4.74 Å². The largest absolute Gasteiger partial charge is 0.458 e. The molecule has 16 heavy (non-hydrogen) atoms. The number of aliphatic hydroxyl groups excluding tert-OH is 1. The minimum absolute atomic E-state index is 0.147. The summed E-state index contributed by atoms with van der Waals surface area (Å²) < 4.78 is 5.34. The number of ether oxygens (including phenoxy) is 1. The predicted octanol–water partition coefficient (Wildman–Crippen LogP) is 1.51. The molecule has 4 aliphatic rings. The van der Waals surface area contributed by atoms with Gasteiger partial charge in [-0.1, -0.05) is 19.1 Å². The summed E-state index contributed by atoms with van der Waals surface area (Å²) in [5, 5.41) is 10.4. The molecule has 0 radical (unpaired) electrons. The van der Waals surface area contributed by atoms with E-state index in [9.17, 15) is 9.90 Å². The van der Waals surface area contributed by atoms with E-state index < -0.39 is 11.7 Å². The van der Waals surface area contributed by atoms with Crippen LogP contribution >= 0.6 is 0 Å². The molecule has 4 aliphatic carbocycles. The normalized spacial score (nSPS) is 54.1. The second-order valence-electron chi connectivity index (χ2n) is 5.72. The second-order valence-corrected chi connectivity index (χ2v) is 5.72. The highest BCUT2D eigenvalue weighted by Crippen LogP contribution is 2.61. The van der Waals surface area contributed by atoms with Crippen LogP contribution in [0.2, 0.25) is 0 Å². The lowest BCUT2D eigenvalue weighted by molar-refractivity contribution is -0.228. The summed E-state index contributed by atoms with van der Waals surface area (Å²) >= 11 is 0. The van der Waals surface area contributed by atoms with Crippen molar-refractivity contribution in [2.24, 2.45) is 23.7 Å². The minimum Gasteiger partial charge on any atom is -0.458 e. The number of aliphatic hydroxyl groups is 1. The van der Waals surface area contributed by atoms with Crippen LogP contribution in [0.15, 0.2) is 12.2 Å². The third-order valence-electron chi connectivity index (χ3n) is 5.34. The van der Waals surface area contributed by atoms with Crippen LogP contribution < -0.4 is 0 Å². The Hall–Kier alpha value is -0.830. The molecule has 1 N–H and O–H groups in total. The molecule has 4 bridgehead atoms. The average Bonchev–Trinajstić information content (AvgIpc) is 2.25. The molecule has 3 heteroatoms. The molecule has 0 aromatic heterocycles. The first-order valence-corrected chi connectivity index (χ1v) is 6.08. The number of carbonyl (C=O) groups excluding carboxylic acids is 1. The molecule has 0 heterocycles. The average molecular weight is 222 g/mol. The van der Waals surface area contributed by atoms with Crippen molar-refractivity contribution < 1.29 is 14.6 Å². The summed E-state index contributed by atoms with van der Waals surface area (Å²) in [7, 11) is 0. The first-order chi connectivity index (χ1) is 7.60. The quantitative estimate of drug-likeness (QED) is 0.569. The molecule has 0 aliphatic heterocycles. The molecule has 0 amide bonds. The van der Waals surface area contributed by atoms with Crippen LogP contribution in [0.3, 0.4) is 0 Å². The van der Waals surface area contributed by atoms with E-state index in [1.165, 1.54) is 5.57 Å². The van der Waals surface area contributed by atoms with Gasteiger partial charge in [0.25, 0.3) is 6.47 Å². The summed E-state index contributed by atoms with van der Waals surface area (Å²) in [6, 6.07) is 0. The summed E-state index contributed by atoms with van der Waals surface area (Å²) in [6.07, 6.45) is 2.39. The van der Waals surface area contributed by atoms with Crippen molar-refractivity contribution in [1.29, 1.82) is 0 Å². The van der Waals surface area contributed by atoms with Crippen molar-refractivity contribution in [2.75, 3.05) is 0 Å². The van der Waals surface area contributed by atoms with E-state index in [2.05, 4.69) is 13.5 Å². The van der Waals surface area contributed by atoms with Crippen molar-refractivity contribution in [1.82, 2.24) is 0 Å². The molecule has 0 spiro atoms. The highest BCUT2D eigenvalue weighted by molar-refractivity contribution is 5.41. The molecule has 4 rings (SSSR count). The topological polar surface area (TPSA) is 46.5 Å². The molecule has 6 atom stereocenters. The van der Waals surface area contributed by atoms with E-state index in [1.807, 2.05) is 0 Å². The first kappa shape index (κ1) is 10.3. The summed E-state index contributed by atoms with van der Waals surface area (Å²) in [6.45, 7) is 6.74. The Balaban J connectivity index is 2.04. The fourth-order valence-corrected chi connectivity index (χ4v) is 4.36. The van der Waals surface area contributed by atoms with Crippen molar-refractivity contribution in [2.45, 2.75) is 37.9 Å². The first-order valence-electron chi connectivity index (χ1n) is 6.08. The fraction of sp³-hybridized carbons (Fsp3) is 0.769. The van der Waals surface area contributed by atoms with Gasteiger partial charge in [-0.2, -0.15) is 0 Å². The predicted molar refractivity (Wildman–Crippen MR) is 58.5 cm³/mol. The highest BCUT2D eigenvalue weighted by Gasteiger charge is 2.63. The Kier molecular flexibility index (Phi) is 2.00. The second kappa shape index (κ2) is 3.10. The van der Waals surface area contributed by atoms with Gasteiger partial charge in [0.05, 0.1) is 0 Å². The summed E-state index contributed by atoms with van der Waals surface area (Å²) in [5.74, 6) is 1.45. The minimum atomic E-state index is -0.626. The Bertz CT molecular complexity index is 351. The number of hydrogen-bond donors (Lipinski definition) is 1. The van der Waals surface area contributed by atoms with Crippen LogP contribution in [0.5, 0.6) is 0 Å². The van der Waals surface area contributed by atoms with Gasteiger partial charge in [-0.3, -0.25) is 4.79 Å². The zero-order valence-corrected chi connectivity index (χ0v) is 9.56. The van der Waals surface area contributed by atoms with Crippen molar-refractivity contribution in [3.05, 3.63) is 12.2 Å². The number of hydrogen-bond acceptors (Lipinski definition) is 3. The lowest BCUT2D eigenvalue weighted by Gasteiger charge is -2.62. The maximum Gasteiger partial charge on any atom is 0.293 e. The molecule has 0 saturated heterocycles. The molecular formula is C13H18O3. The van der Waals surface area contributed by atoms with Crippen molar-refractivity contribution >= 4 is 6.47 Å². The molecule has 4 saturated carbocycles. The van der Waals surface area contributed by atoms with Gasteiger partial charge in [-0.05, 0) is 31.1 Å². The van der Waals surface area contributed by atoms with Gasteiger partial charge in [0, 0.05) is 11.8 Å². The number of rotatable bonds is 2. The van der Waals surface area contributed by atoms with E-state index in [0.29, 0.717) is 18.3 Å². The fourth-order valence-electron chi connectivity index (χ4n) is 4.36. The highest BCUT2D eigenvalue weighted by atomic mass is 16.6. The molecule has 4 fully saturated rings. The van der Waals surface area contributed by atoms with Gasteiger partial charge in [-0.25, -0.2) is 0 Å². The molecule has 0 aromatic rings. The van der Waals surface area contributed by atoms with E-state index in [1.54, 1.807) is 0 Å². The van der Waals surface area contributed by atoms with Crippen LogP contribution in [0.4, 0.5) is 0 Å². The Morgan fingerprint density at radius 2 is 2.31 bits per heavy atom. The van der Waals surface area contributed by atoms with Gasteiger partial charge < -0.3 is 9.84 Å². The monoisotopic (exact) mass is 222 g/mol. The van der Waals surface area contributed by atoms with Crippen LogP contribution in [0.1, 0.15) is 26.2 Å². The lowest BCUT2D eigenvalue weighted by atomic mass is 9.47. The lowest BCUT2D eigenvalue weighted by Crippen LogP contribution is -2.66. The van der Waals surface area contributed by atoms with E-state index in [-0.39, 0.29) is 11.8 Å². The number of carbonyl (C=O) groups is 1. The maximum atomic E-state index is 10.7. The third-order valence-corrected chi connectivity index (χ3v) is 5.34. The zero-order valence-electron chi connectivity index (χ0n) is 9.56. The Morgan fingerprint density at radius 1 is 1.56 bits per heavy atom. The molecular weight excluding hydrogens is 204 g/mol. The van der Waals surface area contributed by atoms with Crippen LogP contribution in [-0.4, -0.2) is 23.3 Å². The molecule has 6 unspecified atom stereocenters. The zero-order chi connectivity index (χ0) is 11.5. The SMILES string of the molecule is C=C1C2CC3CC1C(O)C(OC=O)(C2)C3C. The Morgan fingerprint density at radius 3 is 3.00 bits per heavy atom. The van der Waals surface area contributed by atoms with Crippen molar-refractivity contribution in [3.63, 3.8) is 0 Å². The maximum absolute atomic E-state index is 10.7. The van der Waals surface area contributed by atoms with E-state index in [0.717, 1.165) is 19.3 Å². The van der Waals surface area contributed by atoms with Crippen LogP contribution in [-0.2, 0) is 9.53 Å². The molecule has 0 aromatic carbocycles. The Labute approximate surface area is 95.5 Å². The van der Waals surface area contributed by atoms with Crippen molar-refractivity contribution in [3.8, 4) is 0 Å². The smallest absolute Gasteiger partial charge is 0.293 e. The van der Waals surface area contributed by atoms with Crippen LogP contribution in [0, 0.1) is 23.7 Å². The van der Waals surface area contributed by atoms with Gasteiger partial charge in [0.15, 0.2) is 0 Å². The van der Waals surface area contributed by atoms with Crippen LogP contribution in [0.25, 0.3) is 0 Å². The third kappa shape index (κ3) is 1.000. The summed E-state index contributed by atoms with van der Waals surface area (Å²) in [5.41, 5.74) is 0.556. The van der Waals surface area contributed by atoms with Gasteiger partial charge in [0.2, 0.25) is 0 Å². The van der Waals surface area contributed by atoms with Gasteiger partial charge in [0.1, 0.15) is 11.7 Å². The molecule has 88 valence electrons. The van der Waals surface area contributed by atoms with E-state index >= 15 is 0 Å². The summed E-state index contributed by atoms with van der Waals surface area (Å²) in [4.78, 5) is 10.7.